The molecule has 2 nitrogen and oxygen atoms in total. The molecule has 0 bridgehead atoms. The summed E-state index contributed by atoms with van der Waals surface area (Å²) >= 11 is 0. The molecule has 2 aliphatic carbocycles. The quantitative estimate of drug-likeness (QED) is 0.695. The minimum absolute atomic E-state index is 0.240. The van der Waals surface area contributed by atoms with Crippen LogP contribution in [-0.4, -0.2) is 12.3 Å². The van der Waals surface area contributed by atoms with Crippen LogP contribution in [0.1, 0.15) is 26.2 Å². The smallest absolute Gasteiger partial charge is 0.164 e. The maximum Gasteiger partial charge on any atom is 0.164 e. The van der Waals surface area contributed by atoms with Crippen molar-refractivity contribution in [3.63, 3.8) is 0 Å². The molecular formula is C11H15NO. The van der Waals surface area contributed by atoms with Crippen molar-refractivity contribution in [3.8, 4) is 0 Å². The van der Waals surface area contributed by atoms with Crippen LogP contribution in [0.4, 0.5) is 0 Å². The van der Waals surface area contributed by atoms with Gasteiger partial charge in [0.2, 0.25) is 0 Å². The molecular weight excluding hydrogens is 162 g/mol. The van der Waals surface area contributed by atoms with E-state index in [0.717, 1.165) is 11.1 Å². The maximum absolute atomic E-state index is 11.6. The van der Waals surface area contributed by atoms with Gasteiger partial charge in [-0.15, -0.1) is 0 Å². The zero-order chi connectivity index (χ0) is 9.42. The summed E-state index contributed by atoms with van der Waals surface area (Å²) in [5.41, 5.74) is 8.75. The summed E-state index contributed by atoms with van der Waals surface area (Å²) in [4.78, 5) is 11.6. The van der Waals surface area contributed by atoms with Crippen molar-refractivity contribution in [3.05, 3.63) is 22.8 Å². The summed E-state index contributed by atoms with van der Waals surface area (Å²) in [5.74, 6) is 0.947. The van der Waals surface area contributed by atoms with Crippen LogP contribution in [0.5, 0.6) is 0 Å². The Balaban J connectivity index is 2.27. The maximum atomic E-state index is 11.6. The average molecular weight is 177 g/mol. The molecule has 0 aromatic rings. The highest BCUT2D eigenvalue weighted by Gasteiger charge is 2.30. The van der Waals surface area contributed by atoms with Gasteiger partial charge < -0.3 is 5.73 Å². The highest BCUT2D eigenvalue weighted by molar-refractivity contribution is 5.99. The molecule has 2 aliphatic rings. The number of hydrogen-bond acceptors (Lipinski definition) is 2. The first-order valence-corrected chi connectivity index (χ1v) is 4.86. The van der Waals surface area contributed by atoms with Gasteiger partial charge in [-0.3, -0.25) is 4.79 Å². The third-order valence-corrected chi connectivity index (χ3v) is 2.89. The number of nitrogens with two attached hydrogens (primary N) is 1. The molecule has 0 unspecified atom stereocenters. The Kier molecular flexibility index (Phi) is 2.08. The van der Waals surface area contributed by atoms with Crippen molar-refractivity contribution >= 4 is 5.78 Å². The molecule has 2 heteroatoms. The van der Waals surface area contributed by atoms with E-state index in [-0.39, 0.29) is 5.78 Å². The fourth-order valence-electron chi connectivity index (χ4n) is 1.92. The molecule has 0 radical (unpaired) electrons. The van der Waals surface area contributed by atoms with E-state index in [2.05, 4.69) is 6.08 Å². The Bertz CT molecular complexity index is 308. The number of carbonyl (C=O) groups excluding carboxylic acids is 1. The third kappa shape index (κ3) is 1.59. The predicted octanol–water partition coefficient (Wildman–Crippen LogP) is 1.57. The minimum atomic E-state index is 0.240. The van der Waals surface area contributed by atoms with Gasteiger partial charge in [-0.1, -0.05) is 11.6 Å². The van der Waals surface area contributed by atoms with Crippen molar-refractivity contribution in [2.45, 2.75) is 26.2 Å². The van der Waals surface area contributed by atoms with Gasteiger partial charge in [0.05, 0.1) is 0 Å². The molecule has 2 N–H and O–H groups in total. The lowest BCUT2D eigenvalue weighted by Gasteiger charge is -2.15. The summed E-state index contributed by atoms with van der Waals surface area (Å²) in [6.45, 7) is 2.38. The van der Waals surface area contributed by atoms with Crippen molar-refractivity contribution in [2.24, 2.45) is 11.7 Å². The lowest BCUT2D eigenvalue weighted by atomic mass is 9.90. The van der Waals surface area contributed by atoms with E-state index in [0.29, 0.717) is 18.9 Å². The highest BCUT2D eigenvalue weighted by Crippen LogP contribution is 2.40. The van der Waals surface area contributed by atoms with E-state index in [4.69, 9.17) is 5.73 Å². The lowest BCUT2D eigenvalue weighted by Crippen LogP contribution is -2.18. The second-order valence-electron chi connectivity index (χ2n) is 3.96. The van der Waals surface area contributed by atoms with Gasteiger partial charge in [0.25, 0.3) is 0 Å². The van der Waals surface area contributed by atoms with Gasteiger partial charge in [-0.2, -0.15) is 0 Å². The summed E-state index contributed by atoms with van der Waals surface area (Å²) in [5, 5.41) is 0. The van der Waals surface area contributed by atoms with Crippen molar-refractivity contribution < 1.29 is 4.79 Å². The summed E-state index contributed by atoms with van der Waals surface area (Å²) in [6.07, 6.45) is 5.32. The summed E-state index contributed by atoms with van der Waals surface area (Å²) in [7, 11) is 0. The lowest BCUT2D eigenvalue weighted by molar-refractivity contribution is -0.115. The first-order valence-electron chi connectivity index (χ1n) is 4.86. The first-order chi connectivity index (χ1) is 6.22. The fourth-order valence-corrected chi connectivity index (χ4v) is 1.92. The van der Waals surface area contributed by atoms with E-state index in [1.54, 1.807) is 0 Å². The van der Waals surface area contributed by atoms with E-state index in [9.17, 15) is 4.79 Å². The molecule has 0 spiro atoms. The summed E-state index contributed by atoms with van der Waals surface area (Å²) in [6, 6.07) is 0. The third-order valence-electron chi connectivity index (χ3n) is 2.89. The van der Waals surface area contributed by atoms with Crippen LogP contribution in [0.15, 0.2) is 22.8 Å². The molecule has 1 saturated carbocycles. The van der Waals surface area contributed by atoms with Gasteiger partial charge in [0, 0.05) is 18.5 Å². The van der Waals surface area contributed by atoms with Crippen molar-refractivity contribution in [2.75, 3.05) is 6.54 Å². The molecule has 0 amide bonds. The number of hydrogen-bond donors (Lipinski definition) is 1. The zero-order valence-electron chi connectivity index (χ0n) is 7.97. The Morgan fingerprint density at radius 3 is 2.69 bits per heavy atom. The number of Topliss-reactive ketones (excluding diaryl/α,β-unsaturated/α-hetero) is 1. The van der Waals surface area contributed by atoms with Crippen LogP contribution in [0, 0.1) is 5.92 Å². The predicted molar refractivity (Wildman–Crippen MR) is 52.2 cm³/mol. The molecule has 70 valence electrons. The Labute approximate surface area is 78.5 Å². The van der Waals surface area contributed by atoms with Crippen LogP contribution in [0.25, 0.3) is 0 Å². The number of carbonyl (C=O) groups is 1. The number of rotatable bonds is 2. The molecule has 0 heterocycles. The van der Waals surface area contributed by atoms with Gasteiger partial charge in [-0.05, 0) is 31.3 Å². The highest BCUT2D eigenvalue weighted by atomic mass is 16.1. The van der Waals surface area contributed by atoms with Gasteiger partial charge >= 0.3 is 0 Å². The standard InChI is InChI=1S/C11H15NO/c1-7-4-9(8-2-3-8)5-11(13)10(7)6-12/h4,8H,2-3,5-6,12H2,1H3. The van der Waals surface area contributed by atoms with E-state index >= 15 is 0 Å². The molecule has 13 heavy (non-hydrogen) atoms. The second kappa shape index (κ2) is 3.11. The van der Waals surface area contributed by atoms with Gasteiger partial charge in [-0.25, -0.2) is 0 Å². The number of allylic oxidation sites excluding steroid dienone is 3. The Hall–Kier alpha value is -0.890. The Morgan fingerprint density at radius 2 is 2.23 bits per heavy atom. The minimum Gasteiger partial charge on any atom is -0.326 e. The normalized spacial score (nSPS) is 23.5. The average Bonchev–Trinajstić information content (AvgIpc) is 2.85. The van der Waals surface area contributed by atoms with Crippen molar-refractivity contribution in [1.82, 2.24) is 0 Å². The van der Waals surface area contributed by atoms with Crippen LogP contribution in [0.2, 0.25) is 0 Å². The van der Waals surface area contributed by atoms with Gasteiger partial charge in [0.1, 0.15) is 0 Å². The largest absolute Gasteiger partial charge is 0.326 e. The van der Waals surface area contributed by atoms with Crippen LogP contribution in [0.3, 0.4) is 0 Å². The van der Waals surface area contributed by atoms with E-state index < -0.39 is 0 Å². The molecule has 0 atom stereocenters. The first kappa shape index (κ1) is 8.70. The topological polar surface area (TPSA) is 43.1 Å². The van der Waals surface area contributed by atoms with E-state index in [1.807, 2.05) is 6.92 Å². The fraction of sp³-hybridized carbons (Fsp3) is 0.545. The van der Waals surface area contributed by atoms with Crippen molar-refractivity contribution in [1.29, 1.82) is 0 Å². The molecule has 0 aromatic heterocycles. The zero-order valence-corrected chi connectivity index (χ0v) is 7.97. The van der Waals surface area contributed by atoms with Crippen LogP contribution >= 0.6 is 0 Å². The summed E-state index contributed by atoms with van der Waals surface area (Å²) < 4.78 is 0. The second-order valence-corrected chi connectivity index (χ2v) is 3.96. The SMILES string of the molecule is CC1=C(CN)C(=O)CC(C2CC2)=C1. The molecule has 0 aromatic carbocycles. The molecule has 1 fully saturated rings. The molecule has 0 aliphatic heterocycles. The van der Waals surface area contributed by atoms with Gasteiger partial charge in [0.15, 0.2) is 5.78 Å². The van der Waals surface area contributed by atoms with Crippen LogP contribution in [-0.2, 0) is 4.79 Å². The Morgan fingerprint density at radius 1 is 1.54 bits per heavy atom. The van der Waals surface area contributed by atoms with Crippen LogP contribution < -0.4 is 5.73 Å². The monoisotopic (exact) mass is 177 g/mol. The van der Waals surface area contributed by atoms with E-state index in [1.165, 1.54) is 18.4 Å². The molecule has 0 saturated heterocycles. The number of ketones is 1. The molecule has 2 rings (SSSR count).